The zero-order valence-corrected chi connectivity index (χ0v) is 11.5. The number of H-pyrrole nitrogens is 1. The largest absolute Gasteiger partial charge is 0.550 e. The molecule has 4 nitrogen and oxygen atoms in total. The Morgan fingerprint density at radius 1 is 1.05 bits per heavy atom. The predicted molar refractivity (Wildman–Crippen MR) is 77.1 cm³/mol. The molecule has 4 heteroatoms. The summed E-state index contributed by atoms with van der Waals surface area (Å²) in [6, 6.07) is 12.3. The molecule has 0 aliphatic carbocycles. The van der Waals surface area contributed by atoms with E-state index in [-0.39, 0.29) is 6.42 Å². The van der Waals surface area contributed by atoms with Crippen molar-refractivity contribution < 1.29 is 14.9 Å². The number of aliphatic carboxylic acids is 1. The Morgan fingerprint density at radius 3 is 2.70 bits per heavy atom. The highest BCUT2D eigenvalue weighted by atomic mass is 16.4. The maximum Gasteiger partial charge on any atom is 0.272 e. The van der Waals surface area contributed by atoms with Gasteiger partial charge in [-0.3, -0.25) is 5.32 Å². The molecule has 2 N–H and O–H groups in total. The first-order valence-electron chi connectivity index (χ1n) is 7.10. The number of carbonyl (C=O) groups is 1. The molecular formula is C16H20N2O2. The minimum atomic E-state index is -0.950. The van der Waals surface area contributed by atoms with E-state index in [1.54, 1.807) is 0 Å². The Balaban J connectivity index is 1.69. The second kappa shape index (κ2) is 7.48. The van der Waals surface area contributed by atoms with E-state index in [1.807, 2.05) is 18.2 Å². The van der Waals surface area contributed by atoms with Gasteiger partial charge in [0.15, 0.2) is 0 Å². The normalized spacial score (nSPS) is 10.6. The molecule has 0 spiro atoms. The van der Waals surface area contributed by atoms with E-state index < -0.39 is 5.97 Å². The Bertz CT molecular complexity index is 569. The van der Waals surface area contributed by atoms with Crippen LogP contribution in [0.5, 0.6) is 0 Å². The molecule has 0 atom stereocenters. The van der Waals surface area contributed by atoms with E-state index in [0.29, 0.717) is 6.42 Å². The third-order valence-electron chi connectivity index (χ3n) is 3.28. The third kappa shape index (κ3) is 4.53. The zero-order chi connectivity index (χ0) is 14.2. The van der Waals surface area contributed by atoms with Crippen molar-refractivity contribution >= 4 is 22.7 Å². The topological polar surface area (TPSA) is 66.3 Å². The van der Waals surface area contributed by atoms with E-state index in [1.165, 1.54) is 5.39 Å². The van der Waals surface area contributed by atoms with Gasteiger partial charge in [-0.2, -0.15) is 0 Å². The van der Waals surface area contributed by atoms with Crippen LogP contribution < -0.4 is 15.4 Å². The number of hydrogen-bond donors (Lipinski definition) is 1. The van der Waals surface area contributed by atoms with Gasteiger partial charge in [0.1, 0.15) is 5.52 Å². The molecule has 0 aliphatic heterocycles. The number of anilines is 1. The lowest BCUT2D eigenvalue weighted by Crippen LogP contribution is -2.21. The monoisotopic (exact) mass is 272 g/mol. The van der Waals surface area contributed by atoms with Gasteiger partial charge in [-0.15, -0.1) is 0 Å². The summed E-state index contributed by atoms with van der Waals surface area (Å²) in [5.74, 6) is 0.0623. The fourth-order valence-electron chi connectivity index (χ4n) is 2.19. The number of para-hydroxylation sites is 1. The van der Waals surface area contributed by atoms with E-state index in [4.69, 9.17) is 0 Å². The highest BCUT2D eigenvalue weighted by Crippen LogP contribution is 2.10. The Kier molecular flexibility index (Phi) is 5.35. The first-order chi connectivity index (χ1) is 9.75. The highest BCUT2D eigenvalue weighted by molar-refractivity contribution is 5.75. The van der Waals surface area contributed by atoms with Gasteiger partial charge in [0.25, 0.3) is 5.82 Å². The van der Waals surface area contributed by atoms with Crippen molar-refractivity contribution in [2.24, 2.45) is 0 Å². The number of hydrogen-bond acceptors (Lipinski definition) is 3. The molecular weight excluding hydrogens is 252 g/mol. The molecule has 1 aromatic heterocycles. The zero-order valence-electron chi connectivity index (χ0n) is 11.5. The van der Waals surface area contributed by atoms with Crippen molar-refractivity contribution in [2.75, 3.05) is 11.9 Å². The van der Waals surface area contributed by atoms with E-state index in [9.17, 15) is 9.90 Å². The van der Waals surface area contributed by atoms with E-state index in [2.05, 4.69) is 28.5 Å². The predicted octanol–water partition coefficient (Wildman–Crippen LogP) is 1.77. The molecule has 2 aromatic rings. The molecule has 0 bridgehead atoms. The summed E-state index contributed by atoms with van der Waals surface area (Å²) in [7, 11) is 0. The SMILES string of the molecule is O=C([O-])CCCCCCNc1ccc2ccccc2[nH+]1. The number of aromatic amines is 1. The number of pyridine rings is 1. The van der Waals surface area contributed by atoms with Gasteiger partial charge in [-0.25, -0.2) is 4.98 Å². The van der Waals surface area contributed by atoms with E-state index in [0.717, 1.165) is 37.1 Å². The smallest absolute Gasteiger partial charge is 0.272 e. The summed E-state index contributed by atoms with van der Waals surface area (Å²) >= 11 is 0. The van der Waals surface area contributed by atoms with Gasteiger partial charge in [-0.05, 0) is 37.8 Å². The van der Waals surface area contributed by atoms with Gasteiger partial charge in [0.2, 0.25) is 0 Å². The number of nitrogens with one attached hydrogen (secondary N) is 2. The van der Waals surface area contributed by atoms with Crippen LogP contribution in [0.2, 0.25) is 0 Å². The van der Waals surface area contributed by atoms with Gasteiger partial charge in [0.05, 0.1) is 6.54 Å². The molecule has 2 rings (SSSR count). The first-order valence-corrected chi connectivity index (χ1v) is 7.10. The van der Waals surface area contributed by atoms with Crippen LogP contribution in [0.25, 0.3) is 10.9 Å². The van der Waals surface area contributed by atoms with Crippen LogP contribution in [0, 0.1) is 0 Å². The second-order valence-corrected chi connectivity index (χ2v) is 4.92. The number of benzene rings is 1. The van der Waals surface area contributed by atoms with Crippen LogP contribution in [-0.2, 0) is 4.79 Å². The van der Waals surface area contributed by atoms with Crippen LogP contribution in [0.4, 0.5) is 5.82 Å². The maximum absolute atomic E-state index is 10.3. The minimum absolute atomic E-state index is 0.173. The molecule has 1 heterocycles. The van der Waals surface area contributed by atoms with Crippen molar-refractivity contribution in [3.63, 3.8) is 0 Å². The second-order valence-electron chi connectivity index (χ2n) is 4.92. The average molecular weight is 272 g/mol. The lowest BCUT2D eigenvalue weighted by atomic mass is 10.1. The Hall–Kier alpha value is -2.10. The van der Waals surface area contributed by atoms with Crippen molar-refractivity contribution in [2.45, 2.75) is 32.1 Å². The van der Waals surface area contributed by atoms with Crippen LogP contribution >= 0.6 is 0 Å². The number of carboxylic acid groups (broad SMARTS) is 1. The lowest BCUT2D eigenvalue weighted by molar-refractivity contribution is -0.327. The summed E-state index contributed by atoms with van der Waals surface area (Å²) in [5.41, 5.74) is 1.12. The van der Waals surface area contributed by atoms with Crippen molar-refractivity contribution in [3.8, 4) is 0 Å². The van der Waals surface area contributed by atoms with Crippen molar-refractivity contribution in [3.05, 3.63) is 36.4 Å². The molecule has 0 saturated carbocycles. The average Bonchev–Trinajstić information content (AvgIpc) is 2.46. The van der Waals surface area contributed by atoms with Crippen LogP contribution in [0.15, 0.2) is 36.4 Å². The van der Waals surface area contributed by atoms with Gasteiger partial charge in [-0.1, -0.05) is 24.6 Å². The Labute approximate surface area is 118 Å². The first kappa shape index (κ1) is 14.3. The molecule has 0 amide bonds. The summed E-state index contributed by atoms with van der Waals surface area (Å²) in [6.07, 6.45) is 3.90. The molecule has 0 saturated heterocycles. The standard InChI is InChI=1S/C16H20N2O2/c19-16(20)9-3-1-2-6-12-17-15-11-10-13-7-4-5-8-14(13)18-15/h4-5,7-8,10-11H,1-3,6,9,12H2,(H,17,18)(H,19,20). The molecule has 0 fully saturated rings. The van der Waals surface area contributed by atoms with Crippen molar-refractivity contribution in [1.29, 1.82) is 0 Å². The molecule has 0 unspecified atom stereocenters. The fourth-order valence-corrected chi connectivity index (χ4v) is 2.19. The molecule has 1 aromatic carbocycles. The van der Waals surface area contributed by atoms with Crippen molar-refractivity contribution in [1.82, 2.24) is 0 Å². The highest BCUT2D eigenvalue weighted by Gasteiger charge is 2.02. The van der Waals surface area contributed by atoms with Crippen LogP contribution in [0.1, 0.15) is 32.1 Å². The number of carbonyl (C=O) groups excluding carboxylic acids is 1. The minimum Gasteiger partial charge on any atom is -0.550 e. The number of unbranched alkanes of at least 4 members (excludes halogenated alkanes) is 3. The molecule has 0 aliphatic rings. The van der Waals surface area contributed by atoms with Gasteiger partial charge in [0, 0.05) is 17.4 Å². The summed E-state index contributed by atoms with van der Waals surface area (Å²) in [4.78, 5) is 13.6. The quantitative estimate of drug-likeness (QED) is 0.745. The number of rotatable bonds is 8. The number of fused-ring (bicyclic) bond motifs is 1. The Morgan fingerprint density at radius 2 is 1.85 bits per heavy atom. The van der Waals surface area contributed by atoms with Crippen LogP contribution in [-0.4, -0.2) is 12.5 Å². The molecule has 20 heavy (non-hydrogen) atoms. The number of aromatic nitrogens is 1. The summed E-state index contributed by atoms with van der Waals surface area (Å²) < 4.78 is 0. The molecule has 0 radical (unpaired) electrons. The number of carboxylic acids is 1. The van der Waals surface area contributed by atoms with Crippen LogP contribution in [0.3, 0.4) is 0 Å². The van der Waals surface area contributed by atoms with Gasteiger partial charge >= 0.3 is 0 Å². The maximum atomic E-state index is 10.3. The third-order valence-corrected chi connectivity index (χ3v) is 3.28. The molecule has 106 valence electrons. The summed E-state index contributed by atoms with van der Waals surface area (Å²) in [5, 5.41) is 14.8. The fraction of sp³-hybridized carbons (Fsp3) is 0.375. The van der Waals surface area contributed by atoms with Gasteiger partial charge < -0.3 is 9.90 Å². The lowest BCUT2D eigenvalue weighted by Gasteiger charge is -2.02. The summed E-state index contributed by atoms with van der Waals surface area (Å²) in [6.45, 7) is 0.889. The van der Waals surface area contributed by atoms with E-state index >= 15 is 0 Å².